The van der Waals surface area contributed by atoms with E-state index in [0.717, 1.165) is 41.8 Å². The molecule has 0 heterocycles. The van der Waals surface area contributed by atoms with E-state index in [0.29, 0.717) is 12.5 Å². The van der Waals surface area contributed by atoms with Gasteiger partial charge in [0.25, 0.3) is 0 Å². The van der Waals surface area contributed by atoms with Crippen LogP contribution in [0.3, 0.4) is 0 Å². The third kappa shape index (κ3) is 4.20. The van der Waals surface area contributed by atoms with Crippen LogP contribution in [0.15, 0.2) is 18.2 Å². The Kier molecular flexibility index (Phi) is 7.18. The Hall–Kier alpha value is -0.700. The minimum Gasteiger partial charge on any atom is -0.490 e. The average molecular weight is 315 g/mol. The molecule has 0 unspecified atom stereocenters. The van der Waals surface area contributed by atoms with E-state index in [1.165, 1.54) is 0 Å². The third-order valence-corrected chi connectivity index (χ3v) is 3.73. The quantitative estimate of drug-likeness (QED) is 0.642. The summed E-state index contributed by atoms with van der Waals surface area (Å²) in [5.41, 5.74) is 1.15. The van der Waals surface area contributed by atoms with Crippen molar-refractivity contribution in [2.75, 3.05) is 13.2 Å². The highest BCUT2D eigenvalue weighted by Gasteiger charge is 2.12. The zero-order valence-corrected chi connectivity index (χ0v) is 13.1. The first kappa shape index (κ1) is 15.4. The maximum absolute atomic E-state index is 6.00. The van der Waals surface area contributed by atoms with Crippen molar-refractivity contribution in [3.8, 4) is 11.5 Å². The molecule has 0 radical (unpaired) electrons. The van der Waals surface area contributed by atoms with Gasteiger partial charge < -0.3 is 9.47 Å². The van der Waals surface area contributed by atoms with Crippen molar-refractivity contribution in [1.82, 2.24) is 0 Å². The Labute approximate surface area is 119 Å². The second-order valence-corrected chi connectivity index (χ2v) is 4.87. The van der Waals surface area contributed by atoms with Crippen molar-refractivity contribution in [1.29, 1.82) is 0 Å². The Balaban J connectivity index is 2.83. The van der Waals surface area contributed by atoms with Gasteiger partial charge in [0.1, 0.15) is 0 Å². The van der Waals surface area contributed by atoms with Gasteiger partial charge in [0.2, 0.25) is 0 Å². The van der Waals surface area contributed by atoms with E-state index in [4.69, 9.17) is 9.47 Å². The van der Waals surface area contributed by atoms with Crippen LogP contribution < -0.4 is 9.47 Å². The topological polar surface area (TPSA) is 18.5 Å². The number of para-hydroxylation sites is 1. The lowest BCUT2D eigenvalue weighted by molar-refractivity contribution is 0.224. The van der Waals surface area contributed by atoms with Gasteiger partial charge in [-0.1, -0.05) is 54.8 Å². The molecule has 0 bridgehead atoms. The highest BCUT2D eigenvalue weighted by atomic mass is 79.9. The highest BCUT2D eigenvalue weighted by Crippen LogP contribution is 2.33. The van der Waals surface area contributed by atoms with Crippen LogP contribution in [0.25, 0.3) is 0 Å². The van der Waals surface area contributed by atoms with Gasteiger partial charge in [0.05, 0.1) is 13.2 Å². The molecule has 1 aromatic rings. The summed E-state index contributed by atoms with van der Waals surface area (Å²) in [5.74, 6) is 2.35. The van der Waals surface area contributed by atoms with E-state index in [2.05, 4.69) is 35.8 Å². The second-order valence-electron chi connectivity index (χ2n) is 4.30. The smallest absolute Gasteiger partial charge is 0.165 e. The van der Waals surface area contributed by atoms with E-state index in [-0.39, 0.29) is 0 Å². The fourth-order valence-electron chi connectivity index (χ4n) is 1.83. The molecule has 0 aromatic heterocycles. The lowest BCUT2D eigenvalue weighted by atomic mass is 10.1. The van der Waals surface area contributed by atoms with Gasteiger partial charge in [-0.3, -0.25) is 0 Å². The van der Waals surface area contributed by atoms with E-state index >= 15 is 0 Å². The summed E-state index contributed by atoms with van der Waals surface area (Å²) in [5, 5.41) is 0.784. The van der Waals surface area contributed by atoms with Crippen molar-refractivity contribution in [3.05, 3.63) is 23.8 Å². The molecule has 0 aliphatic heterocycles. The summed E-state index contributed by atoms with van der Waals surface area (Å²) in [6.07, 6.45) is 2.30. The fourth-order valence-corrected chi connectivity index (χ4v) is 2.27. The highest BCUT2D eigenvalue weighted by molar-refractivity contribution is 9.08. The largest absolute Gasteiger partial charge is 0.490 e. The van der Waals surface area contributed by atoms with Gasteiger partial charge in [0.15, 0.2) is 11.5 Å². The molecular formula is C15H23BrO2. The summed E-state index contributed by atoms with van der Waals surface area (Å²) in [6.45, 7) is 7.82. The van der Waals surface area contributed by atoms with Crippen LogP contribution in [0.1, 0.15) is 39.2 Å². The SMILES string of the molecule is CCOc1cccc(CBr)c1OCC(CC)CC. The van der Waals surface area contributed by atoms with Gasteiger partial charge in [0, 0.05) is 10.9 Å². The first-order chi connectivity index (χ1) is 8.76. The van der Waals surface area contributed by atoms with E-state index in [1.54, 1.807) is 0 Å². The fraction of sp³-hybridized carbons (Fsp3) is 0.600. The monoisotopic (exact) mass is 314 g/mol. The maximum atomic E-state index is 6.00. The molecule has 0 fully saturated rings. The summed E-state index contributed by atoms with van der Waals surface area (Å²) >= 11 is 3.50. The molecule has 1 aromatic carbocycles. The summed E-state index contributed by atoms with van der Waals surface area (Å²) < 4.78 is 11.6. The van der Waals surface area contributed by atoms with Gasteiger partial charge in [-0.2, -0.15) is 0 Å². The van der Waals surface area contributed by atoms with Crippen LogP contribution in [-0.4, -0.2) is 13.2 Å². The molecule has 0 N–H and O–H groups in total. The average Bonchev–Trinajstić information content (AvgIpc) is 2.41. The molecule has 102 valence electrons. The standard InChI is InChI=1S/C15H23BrO2/c1-4-12(5-2)11-18-15-13(10-16)8-7-9-14(15)17-6-3/h7-9,12H,4-6,10-11H2,1-3H3. The van der Waals surface area contributed by atoms with Crippen LogP contribution in [0.2, 0.25) is 0 Å². The van der Waals surface area contributed by atoms with Crippen LogP contribution in [0.4, 0.5) is 0 Å². The first-order valence-corrected chi connectivity index (χ1v) is 7.82. The van der Waals surface area contributed by atoms with Gasteiger partial charge in [-0.05, 0) is 18.9 Å². The Morgan fingerprint density at radius 3 is 2.39 bits per heavy atom. The predicted octanol–water partition coefficient (Wildman–Crippen LogP) is 4.80. The number of rotatable bonds is 8. The third-order valence-electron chi connectivity index (χ3n) is 3.12. The molecule has 0 saturated heterocycles. The molecule has 0 saturated carbocycles. The van der Waals surface area contributed by atoms with Gasteiger partial charge in [-0.25, -0.2) is 0 Å². The molecule has 0 aliphatic carbocycles. The molecule has 0 spiro atoms. The molecule has 2 nitrogen and oxygen atoms in total. The number of halogens is 1. The molecule has 3 heteroatoms. The Morgan fingerprint density at radius 2 is 1.83 bits per heavy atom. The molecular weight excluding hydrogens is 292 g/mol. The summed E-state index contributed by atoms with van der Waals surface area (Å²) in [6, 6.07) is 6.04. The summed E-state index contributed by atoms with van der Waals surface area (Å²) in [4.78, 5) is 0. The van der Waals surface area contributed by atoms with E-state index in [1.807, 2.05) is 19.1 Å². The normalized spacial score (nSPS) is 10.7. The Bertz CT molecular complexity index is 348. The van der Waals surface area contributed by atoms with Crippen molar-refractivity contribution in [3.63, 3.8) is 0 Å². The number of hydrogen-bond acceptors (Lipinski definition) is 2. The zero-order chi connectivity index (χ0) is 13.4. The van der Waals surface area contributed by atoms with Crippen molar-refractivity contribution in [2.45, 2.75) is 38.9 Å². The number of ether oxygens (including phenoxy) is 2. The molecule has 0 atom stereocenters. The lowest BCUT2D eigenvalue weighted by Crippen LogP contribution is -2.11. The van der Waals surface area contributed by atoms with Crippen molar-refractivity contribution < 1.29 is 9.47 Å². The zero-order valence-electron chi connectivity index (χ0n) is 11.5. The van der Waals surface area contributed by atoms with E-state index in [9.17, 15) is 0 Å². The second kappa shape index (κ2) is 8.41. The van der Waals surface area contributed by atoms with Crippen molar-refractivity contribution >= 4 is 15.9 Å². The minimum absolute atomic E-state index is 0.614. The molecule has 1 rings (SSSR count). The number of hydrogen-bond donors (Lipinski definition) is 0. The number of benzene rings is 1. The molecule has 0 amide bonds. The number of alkyl halides is 1. The summed E-state index contributed by atoms with van der Waals surface area (Å²) in [7, 11) is 0. The molecule has 0 aliphatic rings. The first-order valence-electron chi connectivity index (χ1n) is 6.70. The minimum atomic E-state index is 0.614. The van der Waals surface area contributed by atoms with Crippen molar-refractivity contribution in [2.24, 2.45) is 5.92 Å². The maximum Gasteiger partial charge on any atom is 0.165 e. The molecule has 18 heavy (non-hydrogen) atoms. The van der Waals surface area contributed by atoms with E-state index < -0.39 is 0 Å². The van der Waals surface area contributed by atoms with Crippen LogP contribution in [0, 0.1) is 5.92 Å². The van der Waals surface area contributed by atoms with Gasteiger partial charge >= 0.3 is 0 Å². The Morgan fingerprint density at radius 1 is 1.11 bits per heavy atom. The lowest BCUT2D eigenvalue weighted by Gasteiger charge is -2.18. The van der Waals surface area contributed by atoms with Crippen LogP contribution in [-0.2, 0) is 5.33 Å². The van der Waals surface area contributed by atoms with Gasteiger partial charge in [-0.15, -0.1) is 0 Å². The predicted molar refractivity (Wildman–Crippen MR) is 79.8 cm³/mol. The van der Waals surface area contributed by atoms with Crippen LogP contribution >= 0.6 is 15.9 Å². The van der Waals surface area contributed by atoms with Crippen LogP contribution in [0.5, 0.6) is 11.5 Å².